The number of hydrogen-bond acceptors (Lipinski definition) is 3. The molecule has 154 valence electrons. The molecule has 4 nitrogen and oxygen atoms in total. The summed E-state index contributed by atoms with van der Waals surface area (Å²) in [4.78, 5) is 14.9. The van der Waals surface area contributed by atoms with Crippen LogP contribution in [0.15, 0.2) is 24.3 Å². The topological polar surface area (TPSA) is 44.4 Å². The molecule has 27 heavy (non-hydrogen) atoms. The van der Waals surface area contributed by atoms with Crippen LogP contribution in [0.25, 0.3) is 0 Å². The summed E-state index contributed by atoms with van der Waals surface area (Å²) in [5.41, 5.74) is 2.60. The summed E-state index contributed by atoms with van der Waals surface area (Å²) in [6, 6.07) is 8.54. The lowest BCUT2D eigenvalue weighted by Gasteiger charge is -2.35. The van der Waals surface area contributed by atoms with E-state index in [4.69, 9.17) is 0 Å². The second-order valence-corrected chi connectivity index (χ2v) is 8.13. The molecule has 1 aromatic rings. The molecule has 2 heterocycles. The summed E-state index contributed by atoms with van der Waals surface area (Å²) in [7, 11) is 0. The Kier molecular flexibility index (Phi) is 10.7. The zero-order valence-electron chi connectivity index (χ0n) is 16.6. The largest absolute Gasteiger partial charge is 0.351 e. The van der Waals surface area contributed by atoms with Crippen LogP contribution in [0.5, 0.6) is 0 Å². The first-order valence-corrected chi connectivity index (χ1v) is 9.92. The van der Waals surface area contributed by atoms with Gasteiger partial charge in [0.05, 0.1) is 6.04 Å². The second kappa shape index (κ2) is 11.9. The fourth-order valence-corrected chi connectivity index (χ4v) is 4.43. The molecule has 1 aromatic carbocycles. The smallest absolute Gasteiger partial charge is 0.237 e. The van der Waals surface area contributed by atoms with Gasteiger partial charge in [0.1, 0.15) is 0 Å². The summed E-state index contributed by atoms with van der Waals surface area (Å²) in [5.74, 6) is 1.69. The van der Waals surface area contributed by atoms with Crippen LogP contribution >= 0.6 is 24.8 Å². The van der Waals surface area contributed by atoms with Crippen LogP contribution in [-0.2, 0) is 17.9 Å². The lowest BCUT2D eigenvalue weighted by Crippen LogP contribution is -2.46. The Morgan fingerprint density at radius 1 is 1.11 bits per heavy atom. The number of hydrogen-bond donors (Lipinski definition) is 2. The Hall–Kier alpha value is -0.810. The summed E-state index contributed by atoms with van der Waals surface area (Å²) < 4.78 is 0. The Labute approximate surface area is 176 Å². The molecule has 0 radical (unpaired) electrons. The van der Waals surface area contributed by atoms with Crippen LogP contribution in [0.2, 0.25) is 0 Å². The van der Waals surface area contributed by atoms with Crippen LogP contribution in [0.3, 0.4) is 0 Å². The van der Waals surface area contributed by atoms with E-state index in [1.54, 1.807) is 0 Å². The van der Waals surface area contributed by atoms with Crippen LogP contribution in [0, 0.1) is 11.8 Å². The molecule has 0 aromatic heterocycles. The van der Waals surface area contributed by atoms with E-state index < -0.39 is 0 Å². The Balaban J connectivity index is 0.00000182. The van der Waals surface area contributed by atoms with E-state index in [0.717, 1.165) is 37.8 Å². The molecule has 6 heteroatoms. The predicted molar refractivity (Wildman–Crippen MR) is 117 cm³/mol. The SMILES string of the molecule is CC1CC(C)CN(Cc2ccccc2CNC(=O)[C@H]2CCCCN2)C1.Cl.Cl. The maximum Gasteiger partial charge on any atom is 0.237 e. The minimum Gasteiger partial charge on any atom is -0.351 e. The highest BCUT2D eigenvalue weighted by molar-refractivity contribution is 5.85. The van der Waals surface area contributed by atoms with Crippen molar-refractivity contribution in [1.29, 1.82) is 0 Å². The van der Waals surface area contributed by atoms with Crippen LogP contribution in [0.1, 0.15) is 50.7 Å². The lowest BCUT2D eigenvalue weighted by atomic mass is 9.91. The van der Waals surface area contributed by atoms with E-state index in [1.807, 2.05) is 0 Å². The van der Waals surface area contributed by atoms with Gasteiger partial charge in [0.2, 0.25) is 5.91 Å². The van der Waals surface area contributed by atoms with Gasteiger partial charge in [-0.05, 0) is 48.8 Å². The molecule has 2 unspecified atom stereocenters. The second-order valence-electron chi connectivity index (χ2n) is 8.13. The average molecular weight is 416 g/mol. The van der Waals surface area contributed by atoms with Crippen LogP contribution in [-0.4, -0.2) is 36.5 Å². The zero-order valence-corrected chi connectivity index (χ0v) is 18.2. The van der Waals surface area contributed by atoms with Gasteiger partial charge >= 0.3 is 0 Å². The summed E-state index contributed by atoms with van der Waals surface area (Å²) in [5, 5.41) is 6.47. The van der Waals surface area contributed by atoms with Gasteiger partial charge in [-0.3, -0.25) is 9.69 Å². The average Bonchev–Trinajstić information content (AvgIpc) is 2.60. The number of carbonyl (C=O) groups excluding carboxylic acids is 1. The molecule has 0 aliphatic carbocycles. The standard InChI is InChI=1S/C21H33N3O.2ClH/c1-16-11-17(2)14-24(13-16)15-19-8-4-3-7-18(19)12-23-21(25)20-9-5-6-10-22-20;;/h3-4,7-8,16-17,20,22H,5-6,9-15H2,1-2H3,(H,23,25);2*1H/t16?,17?,20-;;/m1../s1. The van der Waals surface area contributed by atoms with Gasteiger partial charge in [-0.15, -0.1) is 24.8 Å². The fourth-order valence-electron chi connectivity index (χ4n) is 4.43. The molecule has 0 bridgehead atoms. The monoisotopic (exact) mass is 415 g/mol. The molecule has 2 aliphatic rings. The van der Waals surface area contributed by atoms with E-state index in [0.29, 0.717) is 6.54 Å². The molecular formula is C21H35Cl2N3O. The number of halogens is 2. The van der Waals surface area contributed by atoms with Crippen molar-refractivity contribution >= 4 is 30.7 Å². The van der Waals surface area contributed by atoms with Crippen molar-refractivity contribution in [2.45, 2.75) is 58.7 Å². The summed E-state index contributed by atoms with van der Waals surface area (Å²) in [6.07, 6.45) is 4.62. The number of piperidine rings is 2. The first kappa shape index (κ1) is 24.2. The van der Waals surface area contributed by atoms with Gasteiger partial charge < -0.3 is 10.6 Å². The van der Waals surface area contributed by atoms with Crippen molar-refractivity contribution in [3.63, 3.8) is 0 Å². The minimum absolute atomic E-state index is 0. The third-order valence-corrected chi connectivity index (χ3v) is 5.54. The molecule has 0 saturated carbocycles. The number of benzene rings is 1. The van der Waals surface area contributed by atoms with E-state index in [2.05, 4.69) is 53.6 Å². The van der Waals surface area contributed by atoms with E-state index in [-0.39, 0.29) is 36.8 Å². The molecule has 2 fully saturated rings. The third-order valence-electron chi connectivity index (χ3n) is 5.54. The van der Waals surface area contributed by atoms with Crippen molar-refractivity contribution in [2.75, 3.05) is 19.6 Å². The quantitative estimate of drug-likeness (QED) is 0.768. The van der Waals surface area contributed by atoms with Gasteiger partial charge in [0.15, 0.2) is 0 Å². The summed E-state index contributed by atoms with van der Waals surface area (Å²) >= 11 is 0. The van der Waals surface area contributed by atoms with Gasteiger partial charge in [-0.1, -0.05) is 44.5 Å². The van der Waals surface area contributed by atoms with E-state index >= 15 is 0 Å². The van der Waals surface area contributed by atoms with Crippen molar-refractivity contribution in [1.82, 2.24) is 15.5 Å². The van der Waals surface area contributed by atoms with Crippen LogP contribution in [0.4, 0.5) is 0 Å². The first-order chi connectivity index (χ1) is 12.1. The van der Waals surface area contributed by atoms with E-state index in [1.165, 1.54) is 37.1 Å². The van der Waals surface area contributed by atoms with E-state index in [9.17, 15) is 4.79 Å². The van der Waals surface area contributed by atoms with Crippen molar-refractivity contribution in [3.05, 3.63) is 35.4 Å². The number of rotatable bonds is 5. The maximum absolute atomic E-state index is 12.4. The number of likely N-dealkylation sites (tertiary alicyclic amines) is 1. The van der Waals surface area contributed by atoms with Gasteiger partial charge in [-0.2, -0.15) is 0 Å². The van der Waals surface area contributed by atoms with Crippen molar-refractivity contribution in [2.24, 2.45) is 11.8 Å². The third kappa shape index (κ3) is 7.26. The van der Waals surface area contributed by atoms with Gasteiger partial charge in [0.25, 0.3) is 0 Å². The Bertz CT molecular complexity index is 568. The molecule has 3 atom stereocenters. The highest BCUT2D eigenvalue weighted by atomic mass is 35.5. The molecule has 3 rings (SSSR count). The molecule has 0 spiro atoms. The number of amides is 1. The number of carbonyl (C=O) groups is 1. The minimum atomic E-state index is -0.00953. The molecule has 1 amide bonds. The van der Waals surface area contributed by atoms with Gasteiger partial charge in [0, 0.05) is 26.2 Å². The predicted octanol–water partition coefficient (Wildman–Crippen LogP) is 3.77. The number of nitrogens with zero attached hydrogens (tertiary/aromatic N) is 1. The maximum atomic E-state index is 12.4. The fraction of sp³-hybridized carbons (Fsp3) is 0.667. The molecule has 2 saturated heterocycles. The van der Waals surface area contributed by atoms with Crippen molar-refractivity contribution in [3.8, 4) is 0 Å². The van der Waals surface area contributed by atoms with Crippen LogP contribution < -0.4 is 10.6 Å². The highest BCUT2D eigenvalue weighted by Gasteiger charge is 2.23. The molecular weight excluding hydrogens is 381 g/mol. The van der Waals surface area contributed by atoms with Crippen molar-refractivity contribution < 1.29 is 4.79 Å². The molecule has 2 N–H and O–H groups in total. The first-order valence-electron chi connectivity index (χ1n) is 9.92. The normalized spacial score (nSPS) is 25.8. The number of nitrogens with one attached hydrogen (secondary N) is 2. The molecule has 2 aliphatic heterocycles. The Morgan fingerprint density at radius 3 is 2.41 bits per heavy atom. The Morgan fingerprint density at radius 2 is 1.78 bits per heavy atom. The lowest BCUT2D eigenvalue weighted by molar-refractivity contribution is -0.123. The zero-order chi connectivity index (χ0) is 17.6. The highest BCUT2D eigenvalue weighted by Crippen LogP contribution is 2.23. The van der Waals surface area contributed by atoms with Gasteiger partial charge in [-0.25, -0.2) is 0 Å². The summed E-state index contributed by atoms with van der Waals surface area (Å²) in [6.45, 7) is 9.64.